The van der Waals surface area contributed by atoms with Gasteiger partial charge in [-0.2, -0.15) is 0 Å². The number of ether oxygens (including phenoxy) is 1. The van der Waals surface area contributed by atoms with Gasteiger partial charge in [-0.1, -0.05) is 60.7 Å². The molecule has 0 fully saturated rings. The van der Waals surface area contributed by atoms with Gasteiger partial charge in [-0.3, -0.25) is 9.59 Å². The Balaban J connectivity index is 1.66. The molecule has 2 N–H and O–H groups in total. The molecule has 5 heteroatoms. The summed E-state index contributed by atoms with van der Waals surface area (Å²) in [6, 6.07) is 25.6. The molecule has 3 rings (SSSR count). The van der Waals surface area contributed by atoms with Crippen molar-refractivity contribution in [3.8, 4) is 5.75 Å². The molecule has 29 heavy (non-hydrogen) atoms. The molecule has 0 aromatic heterocycles. The molecule has 148 valence electrons. The summed E-state index contributed by atoms with van der Waals surface area (Å²) in [6.45, 7) is 0.393. The van der Waals surface area contributed by atoms with E-state index >= 15 is 0 Å². The van der Waals surface area contributed by atoms with Gasteiger partial charge < -0.3 is 15.4 Å². The van der Waals surface area contributed by atoms with E-state index in [4.69, 9.17) is 4.74 Å². The van der Waals surface area contributed by atoms with E-state index in [1.54, 1.807) is 19.2 Å². The largest absolute Gasteiger partial charge is 0.497 e. The average molecular weight is 388 g/mol. The standard InChI is InChI=1S/C24H24N2O3/c1-29-21-14-8-9-18(15-21)17-25-23(27)16-22(19-10-4-2-5-11-19)26-24(28)20-12-6-3-7-13-20/h2-15,22H,16-17H2,1H3,(H,25,27)(H,26,28)/t22-/m1/s1. The highest BCUT2D eigenvalue weighted by atomic mass is 16.5. The Bertz CT molecular complexity index is 943. The quantitative estimate of drug-likeness (QED) is 0.616. The minimum atomic E-state index is -0.422. The third kappa shape index (κ3) is 5.94. The van der Waals surface area contributed by atoms with E-state index in [0.29, 0.717) is 12.1 Å². The van der Waals surface area contributed by atoms with Gasteiger partial charge in [-0.05, 0) is 35.4 Å². The van der Waals surface area contributed by atoms with Crippen molar-refractivity contribution in [3.63, 3.8) is 0 Å². The van der Waals surface area contributed by atoms with Gasteiger partial charge in [-0.25, -0.2) is 0 Å². The first-order valence-electron chi connectivity index (χ1n) is 9.46. The van der Waals surface area contributed by atoms with Gasteiger partial charge in [0.1, 0.15) is 5.75 Å². The van der Waals surface area contributed by atoms with Crippen molar-refractivity contribution in [2.45, 2.75) is 19.0 Å². The molecule has 0 spiro atoms. The molecule has 0 aliphatic heterocycles. The van der Waals surface area contributed by atoms with Gasteiger partial charge in [0.25, 0.3) is 5.91 Å². The van der Waals surface area contributed by atoms with E-state index in [1.165, 1.54) is 0 Å². The second kappa shape index (κ2) is 10.1. The smallest absolute Gasteiger partial charge is 0.251 e. The summed E-state index contributed by atoms with van der Waals surface area (Å²) in [5.74, 6) is 0.393. The summed E-state index contributed by atoms with van der Waals surface area (Å²) in [6.07, 6.45) is 0.145. The van der Waals surface area contributed by atoms with Crippen LogP contribution in [0.15, 0.2) is 84.9 Å². The molecule has 0 aliphatic carbocycles. The van der Waals surface area contributed by atoms with E-state index in [1.807, 2.05) is 72.8 Å². The van der Waals surface area contributed by atoms with Crippen molar-refractivity contribution < 1.29 is 14.3 Å². The van der Waals surface area contributed by atoms with E-state index in [9.17, 15) is 9.59 Å². The lowest BCUT2D eigenvalue weighted by Gasteiger charge is -2.19. The van der Waals surface area contributed by atoms with Crippen LogP contribution in [0.2, 0.25) is 0 Å². The van der Waals surface area contributed by atoms with Crippen molar-refractivity contribution in [1.29, 1.82) is 0 Å². The van der Waals surface area contributed by atoms with Crippen LogP contribution in [0.3, 0.4) is 0 Å². The Morgan fingerprint density at radius 3 is 2.28 bits per heavy atom. The molecule has 0 saturated carbocycles. The number of benzene rings is 3. The van der Waals surface area contributed by atoms with E-state index < -0.39 is 6.04 Å². The lowest BCUT2D eigenvalue weighted by atomic mass is 10.0. The van der Waals surface area contributed by atoms with Crippen LogP contribution < -0.4 is 15.4 Å². The van der Waals surface area contributed by atoms with Crippen molar-refractivity contribution in [3.05, 3.63) is 102 Å². The van der Waals surface area contributed by atoms with Gasteiger partial charge >= 0.3 is 0 Å². The zero-order valence-corrected chi connectivity index (χ0v) is 16.3. The van der Waals surface area contributed by atoms with E-state index in [2.05, 4.69) is 10.6 Å². The third-order valence-electron chi connectivity index (χ3n) is 4.56. The number of hydrogen-bond acceptors (Lipinski definition) is 3. The molecule has 5 nitrogen and oxygen atoms in total. The van der Waals surface area contributed by atoms with E-state index in [-0.39, 0.29) is 18.2 Å². The maximum atomic E-state index is 12.6. The summed E-state index contributed by atoms with van der Waals surface area (Å²) in [7, 11) is 1.61. The molecular formula is C24H24N2O3. The molecule has 1 atom stereocenters. The van der Waals surface area contributed by atoms with Crippen LogP contribution in [0.5, 0.6) is 5.75 Å². The van der Waals surface area contributed by atoms with Crippen molar-refractivity contribution in [2.75, 3.05) is 7.11 Å². The lowest BCUT2D eigenvalue weighted by molar-refractivity contribution is -0.121. The summed E-state index contributed by atoms with van der Waals surface area (Å²) >= 11 is 0. The first kappa shape index (κ1) is 20.1. The van der Waals surface area contributed by atoms with Crippen LogP contribution in [0, 0.1) is 0 Å². The van der Waals surface area contributed by atoms with Crippen molar-refractivity contribution >= 4 is 11.8 Å². The van der Waals surface area contributed by atoms with Gasteiger partial charge in [-0.15, -0.1) is 0 Å². The zero-order chi connectivity index (χ0) is 20.5. The summed E-state index contributed by atoms with van der Waals surface area (Å²) in [4.78, 5) is 25.2. The highest BCUT2D eigenvalue weighted by molar-refractivity contribution is 5.94. The monoisotopic (exact) mass is 388 g/mol. The predicted molar refractivity (Wildman–Crippen MR) is 113 cm³/mol. The third-order valence-corrected chi connectivity index (χ3v) is 4.56. The Hall–Kier alpha value is -3.60. The molecule has 0 heterocycles. The Morgan fingerprint density at radius 1 is 0.897 bits per heavy atom. The minimum Gasteiger partial charge on any atom is -0.497 e. The minimum absolute atomic E-state index is 0.143. The van der Waals surface area contributed by atoms with Crippen molar-refractivity contribution in [1.82, 2.24) is 10.6 Å². The van der Waals surface area contributed by atoms with Gasteiger partial charge in [0, 0.05) is 12.1 Å². The van der Waals surface area contributed by atoms with Crippen LogP contribution in [0.4, 0.5) is 0 Å². The van der Waals surface area contributed by atoms with Crippen molar-refractivity contribution in [2.24, 2.45) is 0 Å². The van der Waals surface area contributed by atoms with Gasteiger partial charge in [0.15, 0.2) is 0 Å². The van der Waals surface area contributed by atoms with E-state index in [0.717, 1.165) is 16.9 Å². The molecular weight excluding hydrogens is 364 g/mol. The SMILES string of the molecule is COc1cccc(CNC(=O)C[C@@H](NC(=O)c2ccccc2)c2ccccc2)c1. The van der Waals surface area contributed by atoms with Gasteiger partial charge in [0.05, 0.1) is 19.6 Å². The number of carbonyl (C=O) groups excluding carboxylic acids is 2. The van der Waals surface area contributed by atoms with Gasteiger partial charge in [0.2, 0.25) is 5.91 Å². The number of hydrogen-bond donors (Lipinski definition) is 2. The Kier molecular flexibility index (Phi) is 7.00. The molecule has 0 unspecified atom stereocenters. The first-order valence-corrected chi connectivity index (χ1v) is 9.46. The predicted octanol–water partition coefficient (Wildman–Crippen LogP) is 3.87. The second-order valence-corrected chi connectivity index (χ2v) is 6.64. The van der Waals surface area contributed by atoms with Crippen LogP contribution in [-0.4, -0.2) is 18.9 Å². The molecule has 2 amide bonds. The number of carbonyl (C=O) groups is 2. The average Bonchev–Trinajstić information content (AvgIpc) is 2.78. The van der Waals surface area contributed by atoms with Crippen LogP contribution in [0.25, 0.3) is 0 Å². The summed E-state index contributed by atoms with van der Waals surface area (Å²) < 4.78 is 5.21. The molecule has 0 saturated heterocycles. The maximum Gasteiger partial charge on any atom is 0.251 e. The molecule has 0 bridgehead atoms. The molecule has 3 aromatic rings. The fraction of sp³-hybridized carbons (Fsp3) is 0.167. The summed E-state index contributed by atoms with van der Waals surface area (Å²) in [5, 5.41) is 5.89. The lowest BCUT2D eigenvalue weighted by Crippen LogP contribution is -2.33. The highest BCUT2D eigenvalue weighted by Crippen LogP contribution is 2.18. The molecule has 0 radical (unpaired) electrons. The molecule has 0 aliphatic rings. The number of methoxy groups -OCH3 is 1. The Labute approximate surface area is 170 Å². The summed E-state index contributed by atoms with van der Waals surface area (Å²) in [5.41, 5.74) is 2.39. The fourth-order valence-electron chi connectivity index (χ4n) is 3.01. The van der Waals surface area contributed by atoms with Crippen LogP contribution in [-0.2, 0) is 11.3 Å². The number of nitrogens with one attached hydrogen (secondary N) is 2. The normalized spacial score (nSPS) is 11.3. The fourth-order valence-corrected chi connectivity index (χ4v) is 3.01. The maximum absolute atomic E-state index is 12.6. The second-order valence-electron chi connectivity index (χ2n) is 6.64. The Morgan fingerprint density at radius 2 is 1.59 bits per heavy atom. The number of amides is 2. The zero-order valence-electron chi connectivity index (χ0n) is 16.3. The van der Waals surface area contributed by atoms with Crippen LogP contribution in [0.1, 0.15) is 33.9 Å². The molecule has 3 aromatic carbocycles. The van der Waals surface area contributed by atoms with Crippen LogP contribution >= 0.6 is 0 Å². The highest BCUT2D eigenvalue weighted by Gasteiger charge is 2.19. The first-order chi connectivity index (χ1) is 14.2. The topological polar surface area (TPSA) is 67.4 Å². The number of rotatable bonds is 8.